The summed E-state index contributed by atoms with van der Waals surface area (Å²) in [4.78, 5) is 23.6. The molecule has 1 aliphatic carbocycles. The number of aryl methyl sites for hydroxylation is 4. The molecule has 0 unspecified atom stereocenters. The standard InChI is InChI=1S/C29H32N10O2/c1-36(13-14-41-4)25(40)18-39-12-11-24(35-39)32-29-30-15-21-9-10-23-26(27(21)33-29)28(38(3)34-23)20-7-5-19(6-8-20)22-16-31-37(2)17-22/h5-8,11-12,15-17H,9-10,13-14,18H2,1-4H3,(H,30,32,33,35). The van der Waals surface area contributed by atoms with Crippen LogP contribution < -0.4 is 5.32 Å². The van der Waals surface area contributed by atoms with Crippen LogP contribution in [0.5, 0.6) is 0 Å². The van der Waals surface area contributed by atoms with Gasteiger partial charge in [-0.25, -0.2) is 9.97 Å². The highest BCUT2D eigenvalue weighted by Gasteiger charge is 2.27. The number of aromatic nitrogens is 8. The third-order valence-electron chi connectivity index (χ3n) is 7.28. The average Bonchev–Trinajstić information content (AvgIpc) is 3.70. The van der Waals surface area contributed by atoms with Gasteiger partial charge in [0.25, 0.3) is 0 Å². The molecule has 0 aliphatic heterocycles. The van der Waals surface area contributed by atoms with Crippen LogP contribution in [0.15, 0.2) is 55.1 Å². The maximum atomic E-state index is 12.5. The van der Waals surface area contributed by atoms with Crippen molar-refractivity contribution in [2.24, 2.45) is 14.1 Å². The topological polar surface area (TPSA) is 121 Å². The fourth-order valence-electron chi connectivity index (χ4n) is 5.09. The van der Waals surface area contributed by atoms with Crippen molar-refractivity contribution >= 4 is 17.7 Å². The van der Waals surface area contributed by atoms with Crippen LogP contribution in [0.2, 0.25) is 0 Å². The SMILES string of the molecule is COCCN(C)C(=O)Cn1ccc(Nc2ncc3c(n2)-c2c(nn(C)c2-c2ccc(-c4cnn(C)c4)cc2)CC3)n1. The molecule has 41 heavy (non-hydrogen) atoms. The molecule has 5 aromatic rings. The van der Waals surface area contributed by atoms with Crippen LogP contribution in [0.3, 0.4) is 0 Å². The first-order chi connectivity index (χ1) is 19.9. The molecule has 0 atom stereocenters. The molecule has 1 N–H and O–H groups in total. The molecule has 0 saturated heterocycles. The molecular formula is C29H32N10O2. The number of fused-ring (bicyclic) bond motifs is 3. The van der Waals surface area contributed by atoms with Crippen molar-refractivity contribution in [1.29, 1.82) is 0 Å². The lowest BCUT2D eigenvalue weighted by atomic mass is 9.91. The monoisotopic (exact) mass is 552 g/mol. The van der Waals surface area contributed by atoms with Crippen LogP contribution in [-0.2, 0) is 43.0 Å². The number of rotatable bonds is 9. The van der Waals surface area contributed by atoms with E-state index in [-0.39, 0.29) is 12.5 Å². The quantitative estimate of drug-likeness (QED) is 0.296. The van der Waals surface area contributed by atoms with Crippen molar-refractivity contribution < 1.29 is 9.53 Å². The van der Waals surface area contributed by atoms with E-state index in [1.54, 1.807) is 40.7 Å². The van der Waals surface area contributed by atoms with Gasteiger partial charge in [0.2, 0.25) is 11.9 Å². The number of likely N-dealkylation sites (N-methyl/N-ethyl adjacent to an activating group) is 1. The van der Waals surface area contributed by atoms with E-state index in [2.05, 4.69) is 44.8 Å². The molecule has 0 spiro atoms. The summed E-state index contributed by atoms with van der Waals surface area (Å²) in [5.74, 6) is 0.949. The number of ether oxygens (including phenoxy) is 1. The zero-order chi connectivity index (χ0) is 28.5. The van der Waals surface area contributed by atoms with E-state index in [1.165, 1.54) is 0 Å². The zero-order valence-electron chi connectivity index (χ0n) is 23.6. The summed E-state index contributed by atoms with van der Waals surface area (Å²) >= 11 is 0. The Hall–Kier alpha value is -4.84. The normalized spacial score (nSPS) is 12.2. The van der Waals surface area contributed by atoms with Gasteiger partial charge in [-0.15, -0.1) is 0 Å². The fourth-order valence-corrected chi connectivity index (χ4v) is 5.09. The first-order valence-corrected chi connectivity index (χ1v) is 13.4. The Kier molecular flexibility index (Phi) is 7.06. The third-order valence-corrected chi connectivity index (χ3v) is 7.28. The van der Waals surface area contributed by atoms with E-state index in [0.717, 1.165) is 57.7 Å². The Balaban J connectivity index is 1.25. The van der Waals surface area contributed by atoms with E-state index in [4.69, 9.17) is 14.8 Å². The van der Waals surface area contributed by atoms with Crippen LogP contribution in [0.4, 0.5) is 11.8 Å². The number of hydrogen-bond donors (Lipinski definition) is 1. The number of methoxy groups -OCH3 is 1. The molecule has 12 nitrogen and oxygen atoms in total. The Morgan fingerprint density at radius 1 is 1.05 bits per heavy atom. The molecule has 4 heterocycles. The summed E-state index contributed by atoms with van der Waals surface area (Å²) in [5.41, 5.74) is 8.27. The summed E-state index contributed by atoms with van der Waals surface area (Å²) in [6.07, 6.45) is 9.16. The molecule has 1 amide bonds. The number of benzene rings is 1. The van der Waals surface area contributed by atoms with Gasteiger partial charge in [-0.3, -0.25) is 18.8 Å². The van der Waals surface area contributed by atoms with Crippen LogP contribution in [0.1, 0.15) is 11.3 Å². The summed E-state index contributed by atoms with van der Waals surface area (Å²) in [6.45, 7) is 1.15. The summed E-state index contributed by atoms with van der Waals surface area (Å²) in [5, 5.41) is 16.8. The highest BCUT2D eigenvalue weighted by atomic mass is 16.5. The van der Waals surface area contributed by atoms with E-state index >= 15 is 0 Å². The van der Waals surface area contributed by atoms with Gasteiger partial charge in [-0.1, -0.05) is 24.3 Å². The second-order valence-electron chi connectivity index (χ2n) is 10.2. The summed E-state index contributed by atoms with van der Waals surface area (Å²) in [6, 6.07) is 10.3. The van der Waals surface area contributed by atoms with Crippen molar-refractivity contribution in [1.82, 2.24) is 44.2 Å². The van der Waals surface area contributed by atoms with Crippen LogP contribution in [0, 0.1) is 0 Å². The molecule has 12 heteroatoms. The van der Waals surface area contributed by atoms with E-state index in [1.807, 2.05) is 37.4 Å². The Labute approximate surface area is 237 Å². The molecule has 6 rings (SSSR count). The molecule has 210 valence electrons. The first kappa shape index (κ1) is 26.4. The highest BCUT2D eigenvalue weighted by Crippen LogP contribution is 2.40. The Bertz CT molecular complexity index is 1700. The van der Waals surface area contributed by atoms with Crippen molar-refractivity contribution in [3.8, 4) is 33.6 Å². The molecule has 1 aliphatic rings. The fraction of sp³-hybridized carbons (Fsp3) is 0.310. The Morgan fingerprint density at radius 2 is 1.85 bits per heavy atom. The smallest absolute Gasteiger partial charge is 0.244 e. The molecule has 0 fully saturated rings. The van der Waals surface area contributed by atoms with E-state index in [0.29, 0.717) is 24.9 Å². The van der Waals surface area contributed by atoms with Crippen molar-refractivity contribution in [3.63, 3.8) is 0 Å². The summed E-state index contributed by atoms with van der Waals surface area (Å²) < 4.78 is 10.4. The largest absolute Gasteiger partial charge is 0.383 e. The van der Waals surface area contributed by atoms with E-state index < -0.39 is 0 Å². The maximum absolute atomic E-state index is 12.5. The minimum atomic E-state index is -0.0492. The average molecular weight is 553 g/mol. The van der Waals surface area contributed by atoms with Gasteiger partial charge in [0.05, 0.1) is 29.9 Å². The second kappa shape index (κ2) is 11.0. The van der Waals surface area contributed by atoms with Crippen LogP contribution in [-0.4, -0.2) is 77.4 Å². The van der Waals surface area contributed by atoms with Gasteiger partial charge in [-0.2, -0.15) is 15.3 Å². The number of amides is 1. The lowest BCUT2D eigenvalue weighted by molar-refractivity contribution is -0.131. The third kappa shape index (κ3) is 5.33. The number of hydrogen-bond acceptors (Lipinski definition) is 8. The summed E-state index contributed by atoms with van der Waals surface area (Å²) in [7, 11) is 7.26. The van der Waals surface area contributed by atoms with Crippen molar-refractivity contribution in [2.75, 3.05) is 32.6 Å². The predicted molar refractivity (Wildman–Crippen MR) is 154 cm³/mol. The van der Waals surface area contributed by atoms with Crippen LogP contribution in [0.25, 0.3) is 33.6 Å². The van der Waals surface area contributed by atoms with Gasteiger partial charge < -0.3 is 15.0 Å². The van der Waals surface area contributed by atoms with Gasteiger partial charge >= 0.3 is 0 Å². The maximum Gasteiger partial charge on any atom is 0.244 e. The zero-order valence-corrected chi connectivity index (χ0v) is 23.6. The van der Waals surface area contributed by atoms with Crippen molar-refractivity contribution in [2.45, 2.75) is 19.4 Å². The van der Waals surface area contributed by atoms with Crippen LogP contribution >= 0.6 is 0 Å². The minimum Gasteiger partial charge on any atom is -0.383 e. The number of anilines is 2. The minimum absolute atomic E-state index is 0.0492. The van der Waals surface area contributed by atoms with Crippen molar-refractivity contribution in [3.05, 3.63) is 66.4 Å². The lowest BCUT2D eigenvalue weighted by Crippen LogP contribution is -2.32. The molecule has 0 bridgehead atoms. The van der Waals surface area contributed by atoms with Gasteiger partial charge in [0, 0.05) is 76.1 Å². The van der Waals surface area contributed by atoms with Gasteiger partial charge in [0.15, 0.2) is 5.82 Å². The molecule has 0 saturated carbocycles. The van der Waals surface area contributed by atoms with E-state index in [9.17, 15) is 4.79 Å². The molecule has 4 aromatic heterocycles. The molecular weight excluding hydrogens is 520 g/mol. The predicted octanol–water partition coefficient (Wildman–Crippen LogP) is 3.09. The number of nitrogens with one attached hydrogen (secondary N) is 1. The lowest BCUT2D eigenvalue weighted by Gasteiger charge is -2.17. The second-order valence-corrected chi connectivity index (χ2v) is 10.2. The molecule has 1 aromatic carbocycles. The number of carbonyl (C=O) groups excluding carboxylic acids is 1. The molecule has 0 radical (unpaired) electrons. The van der Waals surface area contributed by atoms with Gasteiger partial charge in [0.1, 0.15) is 6.54 Å². The highest BCUT2D eigenvalue weighted by molar-refractivity contribution is 5.85. The first-order valence-electron chi connectivity index (χ1n) is 13.4. The number of carbonyl (C=O) groups is 1. The Morgan fingerprint density at radius 3 is 2.61 bits per heavy atom. The number of nitrogens with zero attached hydrogens (tertiary/aromatic N) is 9. The van der Waals surface area contributed by atoms with Gasteiger partial charge in [-0.05, 0) is 24.0 Å².